The van der Waals surface area contributed by atoms with Crippen LogP contribution in [0.4, 0.5) is 0 Å². The maximum Gasteiger partial charge on any atom is 0.345 e. The molecule has 1 heterocycles. The quantitative estimate of drug-likeness (QED) is 0.788. The van der Waals surface area contributed by atoms with Crippen molar-refractivity contribution in [2.45, 2.75) is 24.3 Å². The molecule has 2 N–H and O–H groups in total. The van der Waals surface area contributed by atoms with E-state index in [1.807, 2.05) is 0 Å². The third-order valence-corrected chi connectivity index (χ3v) is 4.51. The van der Waals surface area contributed by atoms with Gasteiger partial charge in [0.05, 0.1) is 4.90 Å². The predicted octanol–water partition coefficient (Wildman–Crippen LogP) is 1.14. The molecule has 0 aliphatic carbocycles. The number of terminal acetylenes is 1. The summed E-state index contributed by atoms with van der Waals surface area (Å²) in [5.41, 5.74) is 0. The number of hydrogen-bond acceptors (Lipinski definition) is 4. The van der Waals surface area contributed by atoms with E-state index in [1.165, 1.54) is 5.38 Å². The minimum Gasteiger partial charge on any atom is -0.477 e. The maximum atomic E-state index is 11.8. The Hall–Kier alpha value is -1.36. The summed E-state index contributed by atoms with van der Waals surface area (Å²) in [6.45, 7) is 1.64. The van der Waals surface area contributed by atoms with Crippen LogP contribution in [0.2, 0.25) is 0 Å². The minimum absolute atomic E-state index is 0.0185. The number of carbonyl (C=O) groups is 1. The van der Waals surface area contributed by atoms with Gasteiger partial charge in [0.25, 0.3) is 0 Å². The van der Waals surface area contributed by atoms with E-state index in [2.05, 4.69) is 10.6 Å². The van der Waals surface area contributed by atoms with Crippen LogP contribution < -0.4 is 4.72 Å². The van der Waals surface area contributed by atoms with Gasteiger partial charge in [0.1, 0.15) is 4.88 Å². The number of aromatic carboxylic acids is 1. The summed E-state index contributed by atoms with van der Waals surface area (Å²) in [6.07, 6.45) is 5.34. The third-order valence-electron chi connectivity index (χ3n) is 1.88. The zero-order chi connectivity index (χ0) is 13.1. The Bertz CT molecular complexity index is 553. The molecule has 1 aromatic heterocycles. The first-order valence-electron chi connectivity index (χ1n) is 4.64. The Morgan fingerprint density at radius 2 is 2.35 bits per heavy atom. The van der Waals surface area contributed by atoms with E-state index in [0.29, 0.717) is 0 Å². The highest BCUT2D eigenvalue weighted by atomic mass is 32.2. The summed E-state index contributed by atoms with van der Waals surface area (Å²) in [5.74, 6) is 1.20. The van der Waals surface area contributed by atoms with Crippen LogP contribution in [0, 0.1) is 12.3 Å². The van der Waals surface area contributed by atoms with Gasteiger partial charge in [-0.25, -0.2) is 17.9 Å². The standard InChI is InChI=1S/C10H11NO4S2/c1-3-4-7(2)11-17(14,15)8-5-9(10(12)13)16-6-8/h1,5-7,11H,4H2,2H3,(H,12,13). The summed E-state index contributed by atoms with van der Waals surface area (Å²) >= 11 is 0.866. The van der Waals surface area contributed by atoms with Crippen molar-refractivity contribution in [3.63, 3.8) is 0 Å². The zero-order valence-electron chi connectivity index (χ0n) is 9.00. The number of rotatable bonds is 5. The number of carboxylic acids is 1. The summed E-state index contributed by atoms with van der Waals surface area (Å²) in [5, 5.41) is 9.98. The molecule has 0 aliphatic heterocycles. The van der Waals surface area contributed by atoms with Crippen LogP contribution in [0.25, 0.3) is 0 Å². The van der Waals surface area contributed by atoms with Gasteiger partial charge >= 0.3 is 5.97 Å². The smallest absolute Gasteiger partial charge is 0.345 e. The van der Waals surface area contributed by atoms with Crippen molar-refractivity contribution in [2.75, 3.05) is 0 Å². The average Bonchev–Trinajstić information content (AvgIpc) is 2.65. The van der Waals surface area contributed by atoms with Gasteiger partial charge < -0.3 is 5.11 Å². The first-order valence-corrected chi connectivity index (χ1v) is 7.00. The first-order chi connectivity index (χ1) is 7.86. The molecule has 0 bridgehead atoms. The van der Waals surface area contributed by atoms with Gasteiger partial charge in [-0.2, -0.15) is 0 Å². The SMILES string of the molecule is C#CCC(C)NS(=O)(=O)c1csc(C(=O)O)c1. The molecule has 1 atom stereocenters. The fraction of sp³-hybridized carbons (Fsp3) is 0.300. The maximum absolute atomic E-state index is 11.8. The fourth-order valence-electron chi connectivity index (χ4n) is 1.12. The lowest BCUT2D eigenvalue weighted by Crippen LogP contribution is -2.32. The van der Waals surface area contributed by atoms with Crippen molar-refractivity contribution >= 4 is 27.3 Å². The molecular formula is C10H11NO4S2. The Kier molecular flexibility index (Phi) is 4.28. The van der Waals surface area contributed by atoms with Crippen LogP contribution in [0.3, 0.4) is 0 Å². The van der Waals surface area contributed by atoms with E-state index in [-0.39, 0.29) is 16.2 Å². The van der Waals surface area contributed by atoms with Crippen LogP contribution in [0.5, 0.6) is 0 Å². The molecule has 0 amide bonds. The van der Waals surface area contributed by atoms with Crippen LogP contribution >= 0.6 is 11.3 Å². The second-order valence-corrected chi connectivity index (χ2v) is 6.01. The molecule has 0 aliphatic rings. The molecule has 1 unspecified atom stereocenters. The highest BCUT2D eigenvalue weighted by Crippen LogP contribution is 2.19. The van der Waals surface area contributed by atoms with Crippen molar-refractivity contribution in [1.29, 1.82) is 0 Å². The van der Waals surface area contributed by atoms with Gasteiger partial charge in [0.15, 0.2) is 0 Å². The Labute approximate surface area is 104 Å². The molecule has 17 heavy (non-hydrogen) atoms. The van der Waals surface area contributed by atoms with Gasteiger partial charge in [-0.3, -0.25) is 0 Å². The lowest BCUT2D eigenvalue weighted by molar-refractivity contribution is 0.0702. The van der Waals surface area contributed by atoms with Crippen LogP contribution in [-0.2, 0) is 10.0 Å². The molecule has 0 saturated carbocycles. The second kappa shape index (κ2) is 5.31. The fourth-order valence-corrected chi connectivity index (χ4v) is 3.48. The van der Waals surface area contributed by atoms with Crippen molar-refractivity contribution in [3.05, 3.63) is 16.3 Å². The molecule has 0 saturated heterocycles. The third kappa shape index (κ3) is 3.56. The van der Waals surface area contributed by atoms with Gasteiger partial charge in [-0.05, 0) is 13.0 Å². The average molecular weight is 273 g/mol. The first kappa shape index (κ1) is 13.7. The predicted molar refractivity (Wildman–Crippen MR) is 64.5 cm³/mol. The van der Waals surface area contributed by atoms with Crippen LogP contribution in [0.1, 0.15) is 23.0 Å². The molecule has 1 rings (SSSR count). The van der Waals surface area contributed by atoms with Crippen molar-refractivity contribution in [3.8, 4) is 12.3 Å². The summed E-state index contributed by atoms with van der Waals surface area (Å²) < 4.78 is 25.9. The largest absolute Gasteiger partial charge is 0.477 e. The molecule has 7 heteroatoms. The summed E-state index contributed by atoms with van der Waals surface area (Å²) in [6, 6.07) is 0.732. The summed E-state index contributed by atoms with van der Waals surface area (Å²) in [7, 11) is -3.69. The summed E-state index contributed by atoms with van der Waals surface area (Å²) in [4.78, 5) is 10.6. The molecule has 0 radical (unpaired) electrons. The number of thiophene rings is 1. The topological polar surface area (TPSA) is 83.5 Å². The number of nitrogens with one attached hydrogen (secondary N) is 1. The van der Waals surface area contributed by atoms with Crippen LogP contribution in [-0.4, -0.2) is 25.5 Å². The molecule has 1 aromatic rings. The highest BCUT2D eigenvalue weighted by molar-refractivity contribution is 7.89. The van der Waals surface area contributed by atoms with Crippen molar-refractivity contribution in [2.24, 2.45) is 0 Å². The molecule has 5 nitrogen and oxygen atoms in total. The molecule has 92 valence electrons. The zero-order valence-corrected chi connectivity index (χ0v) is 10.6. The lowest BCUT2D eigenvalue weighted by Gasteiger charge is -2.09. The van der Waals surface area contributed by atoms with Crippen LogP contribution in [0.15, 0.2) is 16.3 Å². The van der Waals surface area contributed by atoms with Gasteiger partial charge in [-0.15, -0.1) is 23.7 Å². The lowest BCUT2D eigenvalue weighted by atomic mass is 10.3. The number of hydrogen-bond donors (Lipinski definition) is 2. The van der Waals surface area contributed by atoms with E-state index in [1.54, 1.807) is 6.92 Å². The van der Waals surface area contributed by atoms with Gasteiger partial charge in [-0.1, -0.05) is 0 Å². The molecule has 0 spiro atoms. The van der Waals surface area contributed by atoms with Gasteiger partial charge in [0.2, 0.25) is 10.0 Å². The highest BCUT2D eigenvalue weighted by Gasteiger charge is 2.20. The van der Waals surface area contributed by atoms with Gasteiger partial charge in [0, 0.05) is 17.8 Å². The molecule has 0 fully saturated rings. The molecule has 0 aromatic carbocycles. The van der Waals surface area contributed by atoms with E-state index in [0.717, 1.165) is 17.4 Å². The monoisotopic (exact) mass is 273 g/mol. The molecular weight excluding hydrogens is 262 g/mol. The number of carboxylic acid groups (broad SMARTS) is 1. The Balaban J connectivity index is 2.90. The van der Waals surface area contributed by atoms with E-state index < -0.39 is 22.0 Å². The van der Waals surface area contributed by atoms with E-state index in [4.69, 9.17) is 11.5 Å². The number of sulfonamides is 1. The normalized spacial score (nSPS) is 12.9. The Morgan fingerprint density at radius 3 is 2.82 bits per heavy atom. The second-order valence-electron chi connectivity index (χ2n) is 3.38. The Morgan fingerprint density at radius 1 is 1.71 bits per heavy atom. The van der Waals surface area contributed by atoms with E-state index >= 15 is 0 Å². The van der Waals surface area contributed by atoms with Crippen molar-refractivity contribution < 1.29 is 18.3 Å². The van der Waals surface area contributed by atoms with E-state index in [9.17, 15) is 13.2 Å². The minimum atomic E-state index is -3.69. The van der Waals surface area contributed by atoms with Crippen molar-refractivity contribution in [1.82, 2.24) is 4.72 Å².